The van der Waals surface area contributed by atoms with Crippen LogP contribution in [0.5, 0.6) is 0 Å². The van der Waals surface area contributed by atoms with E-state index in [4.69, 9.17) is 11.6 Å². The van der Waals surface area contributed by atoms with Gasteiger partial charge in [-0.3, -0.25) is 0 Å². The summed E-state index contributed by atoms with van der Waals surface area (Å²) in [6.45, 7) is 4.42. The molecule has 0 amide bonds. The van der Waals surface area contributed by atoms with E-state index in [-0.39, 0.29) is 0 Å². The SMILES string of the molecule is C[C@@H]1CCCN(c2ncnc3c(-c4ccc(Cl)cc4)nsc23)C1. The Bertz CT molecular complexity index is 830. The molecular weight excluding hydrogens is 328 g/mol. The second kappa shape index (κ2) is 6.06. The number of fused-ring (bicyclic) bond motifs is 1. The predicted molar refractivity (Wildman–Crippen MR) is 96.3 cm³/mol. The number of piperidine rings is 1. The molecule has 1 fully saturated rings. The zero-order valence-electron chi connectivity index (χ0n) is 12.9. The molecule has 2 aromatic heterocycles. The molecule has 3 heterocycles. The summed E-state index contributed by atoms with van der Waals surface area (Å²) in [5.74, 6) is 1.73. The topological polar surface area (TPSA) is 41.9 Å². The van der Waals surface area contributed by atoms with Gasteiger partial charge in [0.05, 0.1) is 0 Å². The number of anilines is 1. The van der Waals surface area contributed by atoms with Crippen molar-refractivity contribution in [2.45, 2.75) is 19.8 Å². The zero-order valence-corrected chi connectivity index (χ0v) is 14.4. The van der Waals surface area contributed by atoms with Crippen LogP contribution in [-0.2, 0) is 0 Å². The minimum atomic E-state index is 0.706. The van der Waals surface area contributed by atoms with Gasteiger partial charge >= 0.3 is 0 Å². The fourth-order valence-corrected chi connectivity index (χ4v) is 4.16. The zero-order chi connectivity index (χ0) is 15.8. The highest BCUT2D eigenvalue weighted by atomic mass is 35.5. The van der Waals surface area contributed by atoms with Gasteiger partial charge in [-0.25, -0.2) is 9.97 Å². The largest absolute Gasteiger partial charge is 0.355 e. The molecule has 1 saturated heterocycles. The number of rotatable bonds is 2. The average Bonchev–Trinajstić information content (AvgIpc) is 2.99. The van der Waals surface area contributed by atoms with Crippen molar-refractivity contribution in [1.82, 2.24) is 14.3 Å². The van der Waals surface area contributed by atoms with Crippen molar-refractivity contribution >= 4 is 39.2 Å². The van der Waals surface area contributed by atoms with E-state index in [0.717, 1.165) is 45.4 Å². The first-order valence-electron chi connectivity index (χ1n) is 7.83. The summed E-state index contributed by atoms with van der Waals surface area (Å²) in [6.07, 6.45) is 4.17. The van der Waals surface area contributed by atoms with Gasteiger partial charge in [-0.05, 0) is 42.4 Å². The summed E-state index contributed by atoms with van der Waals surface area (Å²) in [5.41, 5.74) is 2.88. The van der Waals surface area contributed by atoms with Crippen molar-refractivity contribution < 1.29 is 0 Å². The molecule has 23 heavy (non-hydrogen) atoms. The third kappa shape index (κ3) is 2.79. The van der Waals surface area contributed by atoms with Crippen LogP contribution in [0.4, 0.5) is 5.82 Å². The molecule has 0 N–H and O–H groups in total. The standard InChI is InChI=1S/C17H17ClN4S/c1-11-3-2-8-22(9-11)17-16-15(19-10-20-17)14(21-23-16)12-4-6-13(18)7-5-12/h4-7,10-11H,2-3,8-9H2,1H3/t11-/m1/s1. The Balaban J connectivity index is 1.78. The van der Waals surface area contributed by atoms with Gasteiger partial charge in [0.25, 0.3) is 0 Å². The van der Waals surface area contributed by atoms with E-state index in [1.54, 1.807) is 6.33 Å². The van der Waals surface area contributed by atoms with E-state index in [9.17, 15) is 0 Å². The Labute approximate surface area is 144 Å². The van der Waals surface area contributed by atoms with Gasteiger partial charge in [0.1, 0.15) is 22.2 Å². The monoisotopic (exact) mass is 344 g/mol. The lowest BCUT2D eigenvalue weighted by molar-refractivity contribution is 0.445. The molecule has 0 radical (unpaired) electrons. The van der Waals surface area contributed by atoms with Gasteiger partial charge in [0, 0.05) is 23.7 Å². The molecule has 1 aliphatic rings. The molecule has 1 atom stereocenters. The molecular formula is C17H17ClN4S. The predicted octanol–water partition coefficient (Wildman–Crippen LogP) is 4.64. The molecule has 0 bridgehead atoms. The first kappa shape index (κ1) is 14.8. The van der Waals surface area contributed by atoms with E-state index >= 15 is 0 Å². The first-order chi connectivity index (χ1) is 11.2. The lowest BCUT2D eigenvalue weighted by atomic mass is 10.0. The van der Waals surface area contributed by atoms with Crippen LogP contribution in [0.25, 0.3) is 21.5 Å². The highest BCUT2D eigenvalue weighted by Gasteiger charge is 2.22. The van der Waals surface area contributed by atoms with E-state index in [1.807, 2.05) is 24.3 Å². The second-order valence-corrected chi connectivity index (χ2v) is 7.32. The Morgan fingerprint density at radius 1 is 1.22 bits per heavy atom. The van der Waals surface area contributed by atoms with Crippen LogP contribution >= 0.6 is 23.1 Å². The van der Waals surface area contributed by atoms with Crippen LogP contribution in [0.15, 0.2) is 30.6 Å². The number of nitrogens with zero attached hydrogens (tertiary/aromatic N) is 4. The fraction of sp³-hybridized carbons (Fsp3) is 0.353. The van der Waals surface area contributed by atoms with Crippen LogP contribution < -0.4 is 4.90 Å². The lowest BCUT2D eigenvalue weighted by Gasteiger charge is -2.31. The van der Waals surface area contributed by atoms with E-state index in [1.165, 1.54) is 24.4 Å². The summed E-state index contributed by atoms with van der Waals surface area (Å²) < 4.78 is 5.71. The van der Waals surface area contributed by atoms with Gasteiger partial charge < -0.3 is 4.90 Å². The highest BCUT2D eigenvalue weighted by Crippen LogP contribution is 2.35. The Morgan fingerprint density at radius 3 is 2.83 bits per heavy atom. The fourth-order valence-electron chi connectivity index (χ4n) is 3.16. The quantitative estimate of drug-likeness (QED) is 0.679. The van der Waals surface area contributed by atoms with Gasteiger partial charge in [-0.2, -0.15) is 4.37 Å². The van der Waals surface area contributed by atoms with Crippen molar-refractivity contribution in [3.63, 3.8) is 0 Å². The van der Waals surface area contributed by atoms with Crippen molar-refractivity contribution in [2.24, 2.45) is 5.92 Å². The third-order valence-electron chi connectivity index (χ3n) is 4.31. The molecule has 0 unspecified atom stereocenters. The van der Waals surface area contributed by atoms with Gasteiger partial charge in [-0.1, -0.05) is 30.7 Å². The minimum absolute atomic E-state index is 0.706. The molecule has 0 aliphatic carbocycles. The lowest BCUT2D eigenvalue weighted by Crippen LogP contribution is -2.34. The molecule has 1 aliphatic heterocycles. The number of aromatic nitrogens is 3. The van der Waals surface area contributed by atoms with Gasteiger partial charge in [-0.15, -0.1) is 0 Å². The molecule has 4 rings (SSSR count). The van der Waals surface area contributed by atoms with Crippen molar-refractivity contribution in [1.29, 1.82) is 0 Å². The van der Waals surface area contributed by atoms with Crippen LogP contribution in [0, 0.1) is 5.92 Å². The Kier molecular flexibility index (Phi) is 3.91. The summed E-state index contributed by atoms with van der Waals surface area (Å²) in [7, 11) is 0. The van der Waals surface area contributed by atoms with E-state index < -0.39 is 0 Å². The number of hydrogen-bond acceptors (Lipinski definition) is 5. The molecule has 4 nitrogen and oxygen atoms in total. The van der Waals surface area contributed by atoms with Crippen LogP contribution in [-0.4, -0.2) is 27.4 Å². The average molecular weight is 345 g/mol. The summed E-state index contributed by atoms with van der Waals surface area (Å²) in [4.78, 5) is 11.4. The maximum Gasteiger partial charge on any atom is 0.151 e. The molecule has 0 spiro atoms. The molecule has 3 aromatic rings. The second-order valence-electron chi connectivity index (χ2n) is 6.11. The van der Waals surface area contributed by atoms with E-state index in [2.05, 4.69) is 26.2 Å². The van der Waals surface area contributed by atoms with Crippen molar-refractivity contribution in [2.75, 3.05) is 18.0 Å². The van der Waals surface area contributed by atoms with Crippen molar-refractivity contribution in [3.05, 3.63) is 35.6 Å². The van der Waals surface area contributed by atoms with Crippen LogP contribution in [0.3, 0.4) is 0 Å². The van der Waals surface area contributed by atoms with Gasteiger partial charge in [0.2, 0.25) is 0 Å². The normalized spacial score (nSPS) is 18.5. The van der Waals surface area contributed by atoms with Crippen molar-refractivity contribution in [3.8, 4) is 11.3 Å². The first-order valence-corrected chi connectivity index (χ1v) is 8.99. The molecule has 0 saturated carbocycles. The summed E-state index contributed by atoms with van der Waals surface area (Å²) in [5, 5.41) is 0.728. The summed E-state index contributed by atoms with van der Waals surface area (Å²) in [6, 6.07) is 7.75. The number of benzene rings is 1. The Hall–Kier alpha value is -1.72. The van der Waals surface area contributed by atoms with Crippen LogP contribution in [0.1, 0.15) is 19.8 Å². The number of halogens is 1. The van der Waals surface area contributed by atoms with Crippen LogP contribution in [0.2, 0.25) is 5.02 Å². The molecule has 118 valence electrons. The molecule has 1 aromatic carbocycles. The highest BCUT2D eigenvalue weighted by molar-refractivity contribution is 7.14. The minimum Gasteiger partial charge on any atom is -0.355 e. The Morgan fingerprint density at radius 2 is 2.04 bits per heavy atom. The summed E-state index contributed by atoms with van der Waals surface area (Å²) >= 11 is 7.47. The smallest absolute Gasteiger partial charge is 0.151 e. The van der Waals surface area contributed by atoms with E-state index in [0.29, 0.717) is 5.92 Å². The maximum atomic E-state index is 5.98. The third-order valence-corrected chi connectivity index (χ3v) is 5.40. The molecule has 6 heteroatoms. The maximum absolute atomic E-state index is 5.98. The van der Waals surface area contributed by atoms with Gasteiger partial charge in [0.15, 0.2) is 5.82 Å². The number of hydrogen-bond donors (Lipinski definition) is 0.